The molecule has 0 radical (unpaired) electrons. The van der Waals surface area contributed by atoms with Crippen molar-refractivity contribution in [2.75, 3.05) is 13.6 Å². The van der Waals surface area contributed by atoms with Gasteiger partial charge in [0.15, 0.2) is 0 Å². The maximum atomic E-state index is 8.23. The van der Waals surface area contributed by atoms with Crippen LogP contribution in [0.5, 0.6) is 0 Å². The number of imidazole rings is 1. The summed E-state index contributed by atoms with van der Waals surface area (Å²) < 4.78 is 0. The standard InChI is InChI=1S/C22H37N5/c1-5-16(2)8-6-10-20(24-4)21-15-26-22(27-21)12-11-19(23)14-18-9-7-13-25-17(18)3/h11-12,15-16,18,20,23-25H,3,5-10,13-14H2,1-2,4H3,(H,26,27)/b12-11-,23-19?. The van der Waals surface area contributed by atoms with Gasteiger partial charge < -0.3 is 21.0 Å². The van der Waals surface area contributed by atoms with Crippen LogP contribution in [0.4, 0.5) is 0 Å². The van der Waals surface area contributed by atoms with Gasteiger partial charge in [-0.2, -0.15) is 0 Å². The van der Waals surface area contributed by atoms with E-state index in [2.05, 4.69) is 41.0 Å². The average molecular weight is 372 g/mol. The van der Waals surface area contributed by atoms with Crippen LogP contribution in [0.25, 0.3) is 6.08 Å². The predicted octanol–water partition coefficient (Wildman–Crippen LogP) is 4.82. The zero-order valence-corrected chi connectivity index (χ0v) is 17.3. The van der Waals surface area contributed by atoms with Crippen LogP contribution in [-0.2, 0) is 0 Å². The Morgan fingerprint density at radius 2 is 2.30 bits per heavy atom. The average Bonchev–Trinajstić information content (AvgIpc) is 3.14. The Balaban J connectivity index is 1.85. The number of aromatic nitrogens is 2. The molecule has 4 N–H and O–H groups in total. The smallest absolute Gasteiger partial charge is 0.130 e. The molecule has 0 saturated carbocycles. The van der Waals surface area contributed by atoms with Crippen molar-refractivity contribution < 1.29 is 0 Å². The molecule has 1 saturated heterocycles. The molecule has 2 heterocycles. The maximum Gasteiger partial charge on any atom is 0.130 e. The third kappa shape index (κ3) is 6.98. The van der Waals surface area contributed by atoms with Gasteiger partial charge in [-0.3, -0.25) is 0 Å². The van der Waals surface area contributed by atoms with Crippen molar-refractivity contribution in [3.8, 4) is 0 Å². The number of nitrogens with zero attached hydrogens (tertiary/aromatic N) is 1. The third-order valence-corrected chi connectivity index (χ3v) is 5.71. The fourth-order valence-corrected chi connectivity index (χ4v) is 3.60. The van der Waals surface area contributed by atoms with Crippen molar-refractivity contribution in [1.82, 2.24) is 20.6 Å². The first-order valence-electron chi connectivity index (χ1n) is 10.4. The Bertz CT molecular complexity index is 630. The van der Waals surface area contributed by atoms with Crippen molar-refractivity contribution in [2.24, 2.45) is 11.8 Å². The molecule has 0 bridgehead atoms. The van der Waals surface area contributed by atoms with Crippen molar-refractivity contribution in [2.45, 2.75) is 64.8 Å². The lowest BCUT2D eigenvalue weighted by Gasteiger charge is -2.25. The number of piperidine rings is 1. The summed E-state index contributed by atoms with van der Waals surface area (Å²) in [6.07, 6.45) is 13.6. The van der Waals surface area contributed by atoms with E-state index in [-0.39, 0.29) is 0 Å². The van der Waals surface area contributed by atoms with Gasteiger partial charge in [0, 0.05) is 29.9 Å². The summed E-state index contributed by atoms with van der Waals surface area (Å²) in [5, 5.41) is 14.9. The summed E-state index contributed by atoms with van der Waals surface area (Å²) in [5.74, 6) is 1.99. The molecule has 1 aromatic heterocycles. The van der Waals surface area contributed by atoms with Crippen molar-refractivity contribution in [3.63, 3.8) is 0 Å². The highest BCUT2D eigenvalue weighted by molar-refractivity contribution is 5.95. The van der Waals surface area contributed by atoms with Gasteiger partial charge in [0.2, 0.25) is 0 Å². The summed E-state index contributed by atoms with van der Waals surface area (Å²) in [6.45, 7) is 9.67. The molecule has 1 aliphatic rings. The highest BCUT2D eigenvalue weighted by atomic mass is 15.0. The van der Waals surface area contributed by atoms with Crippen LogP contribution < -0.4 is 10.6 Å². The highest BCUT2D eigenvalue weighted by Gasteiger charge is 2.17. The largest absolute Gasteiger partial charge is 0.389 e. The quantitative estimate of drug-likeness (QED) is 0.421. The van der Waals surface area contributed by atoms with E-state index in [1.807, 2.05) is 25.4 Å². The molecule has 150 valence electrons. The van der Waals surface area contributed by atoms with E-state index in [0.717, 1.165) is 55.4 Å². The molecule has 27 heavy (non-hydrogen) atoms. The van der Waals surface area contributed by atoms with Gasteiger partial charge in [0.05, 0.1) is 11.9 Å². The van der Waals surface area contributed by atoms with Crippen LogP contribution in [0, 0.1) is 17.2 Å². The lowest BCUT2D eigenvalue weighted by Crippen LogP contribution is -2.27. The van der Waals surface area contributed by atoms with E-state index in [1.54, 1.807) is 0 Å². The predicted molar refractivity (Wildman–Crippen MR) is 115 cm³/mol. The van der Waals surface area contributed by atoms with Gasteiger partial charge in [-0.15, -0.1) is 0 Å². The molecule has 0 aliphatic carbocycles. The second-order valence-corrected chi connectivity index (χ2v) is 7.86. The molecule has 5 nitrogen and oxygen atoms in total. The molecular weight excluding hydrogens is 334 g/mol. The van der Waals surface area contributed by atoms with Gasteiger partial charge in [-0.25, -0.2) is 4.98 Å². The Hall–Kier alpha value is -1.88. The van der Waals surface area contributed by atoms with E-state index in [9.17, 15) is 0 Å². The minimum absolute atomic E-state index is 0.305. The number of allylic oxidation sites excluding steroid dienone is 2. The molecular formula is C22H37N5. The van der Waals surface area contributed by atoms with Crippen LogP contribution in [0.2, 0.25) is 0 Å². The zero-order chi connectivity index (χ0) is 19.6. The molecule has 1 aromatic rings. The molecule has 0 amide bonds. The van der Waals surface area contributed by atoms with Crippen LogP contribution in [0.15, 0.2) is 24.5 Å². The topological polar surface area (TPSA) is 76.6 Å². The first-order chi connectivity index (χ1) is 13.0. The number of hydrogen-bond acceptors (Lipinski definition) is 4. The molecule has 3 unspecified atom stereocenters. The Morgan fingerprint density at radius 3 is 3.00 bits per heavy atom. The first kappa shape index (κ1) is 21.4. The summed E-state index contributed by atoms with van der Waals surface area (Å²) in [6, 6.07) is 0.305. The molecule has 5 heteroatoms. The summed E-state index contributed by atoms with van der Waals surface area (Å²) >= 11 is 0. The van der Waals surface area contributed by atoms with E-state index >= 15 is 0 Å². The molecule has 0 aromatic carbocycles. The molecule has 3 atom stereocenters. The van der Waals surface area contributed by atoms with Gasteiger partial charge in [-0.1, -0.05) is 39.7 Å². The van der Waals surface area contributed by atoms with Crippen LogP contribution in [0.1, 0.15) is 76.4 Å². The van der Waals surface area contributed by atoms with Gasteiger partial charge in [-0.05, 0) is 50.8 Å². The Morgan fingerprint density at radius 1 is 1.48 bits per heavy atom. The fraction of sp³-hybridized carbons (Fsp3) is 0.636. The number of rotatable bonds is 11. The van der Waals surface area contributed by atoms with Crippen molar-refractivity contribution in [1.29, 1.82) is 5.41 Å². The number of nitrogens with one attached hydrogen (secondary N) is 4. The Labute approximate surface area is 164 Å². The van der Waals surface area contributed by atoms with Crippen molar-refractivity contribution >= 4 is 11.8 Å². The minimum Gasteiger partial charge on any atom is -0.389 e. The van der Waals surface area contributed by atoms with Gasteiger partial charge in [0.25, 0.3) is 0 Å². The lowest BCUT2D eigenvalue weighted by molar-refractivity contribution is 0.440. The summed E-state index contributed by atoms with van der Waals surface area (Å²) in [5.41, 5.74) is 2.83. The number of aromatic amines is 1. The van der Waals surface area contributed by atoms with Crippen LogP contribution in [0.3, 0.4) is 0 Å². The zero-order valence-electron chi connectivity index (χ0n) is 17.3. The normalized spacial score (nSPS) is 19.8. The molecule has 1 fully saturated rings. The van der Waals surface area contributed by atoms with Crippen LogP contribution >= 0.6 is 0 Å². The van der Waals surface area contributed by atoms with E-state index in [4.69, 9.17) is 5.41 Å². The first-order valence-corrected chi connectivity index (χ1v) is 10.4. The van der Waals surface area contributed by atoms with Gasteiger partial charge in [0.1, 0.15) is 5.82 Å². The van der Waals surface area contributed by atoms with E-state index in [0.29, 0.717) is 17.7 Å². The molecule has 1 aliphatic heterocycles. The maximum absolute atomic E-state index is 8.23. The SMILES string of the molecule is C=C1NCCCC1CC(=N)/C=C\c1ncc(C(CCCC(C)CC)NC)[nH]1. The fourth-order valence-electron chi connectivity index (χ4n) is 3.60. The third-order valence-electron chi connectivity index (χ3n) is 5.71. The second-order valence-electron chi connectivity index (χ2n) is 7.86. The molecule has 2 rings (SSSR count). The second kappa shape index (κ2) is 11.1. The van der Waals surface area contributed by atoms with Crippen molar-refractivity contribution in [3.05, 3.63) is 36.1 Å². The lowest BCUT2D eigenvalue weighted by atomic mass is 9.91. The monoisotopic (exact) mass is 371 g/mol. The van der Waals surface area contributed by atoms with E-state index < -0.39 is 0 Å². The minimum atomic E-state index is 0.305. The Kier molecular flexibility index (Phi) is 8.79. The summed E-state index contributed by atoms with van der Waals surface area (Å²) in [7, 11) is 2.00. The highest BCUT2D eigenvalue weighted by Crippen LogP contribution is 2.23. The van der Waals surface area contributed by atoms with Gasteiger partial charge >= 0.3 is 0 Å². The van der Waals surface area contributed by atoms with E-state index in [1.165, 1.54) is 19.3 Å². The molecule has 0 spiro atoms. The van der Waals surface area contributed by atoms with Crippen LogP contribution in [-0.4, -0.2) is 29.3 Å². The summed E-state index contributed by atoms with van der Waals surface area (Å²) in [4.78, 5) is 7.87. The number of hydrogen-bond donors (Lipinski definition) is 4. The number of H-pyrrole nitrogens is 1.